The second kappa shape index (κ2) is 11.4. The lowest BCUT2D eigenvalue weighted by atomic mass is 10.1. The average molecular weight is 489 g/mol. The van der Waals surface area contributed by atoms with Gasteiger partial charge in [-0.15, -0.1) is 0 Å². The van der Waals surface area contributed by atoms with Crippen LogP contribution < -0.4 is 19.6 Å². The van der Waals surface area contributed by atoms with Gasteiger partial charge in [0.05, 0.1) is 25.0 Å². The van der Waals surface area contributed by atoms with Gasteiger partial charge in [-0.05, 0) is 65.2 Å². The largest absolute Gasteiger partial charge is 0.493 e. The van der Waals surface area contributed by atoms with Crippen molar-refractivity contribution in [3.8, 4) is 17.2 Å². The van der Waals surface area contributed by atoms with Gasteiger partial charge in [-0.1, -0.05) is 54.1 Å². The van der Waals surface area contributed by atoms with Gasteiger partial charge < -0.3 is 14.2 Å². The first-order valence-corrected chi connectivity index (χ1v) is 11.5. The molecule has 1 N–H and O–H groups in total. The highest BCUT2D eigenvalue weighted by molar-refractivity contribution is 6.32. The number of hydrogen-bond acceptors (Lipinski definition) is 5. The lowest BCUT2D eigenvalue weighted by molar-refractivity contribution is 0.0954. The SMILES string of the molecule is CCOc1ccc(C(=O)N/N=C/c2ccc(OCc3cccc4ccccc34)c(Cl)c2)cc1OC. The fourth-order valence-corrected chi connectivity index (χ4v) is 3.85. The second-order valence-corrected chi connectivity index (χ2v) is 8.02. The van der Waals surface area contributed by atoms with E-state index in [0.717, 1.165) is 21.9 Å². The van der Waals surface area contributed by atoms with Gasteiger partial charge in [0.25, 0.3) is 5.91 Å². The van der Waals surface area contributed by atoms with Crippen molar-refractivity contribution in [1.82, 2.24) is 5.43 Å². The predicted molar refractivity (Wildman–Crippen MR) is 139 cm³/mol. The molecule has 0 aromatic heterocycles. The van der Waals surface area contributed by atoms with Crippen LogP contribution in [0, 0.1) is 0 Å². The first-order valence-electron chi connectivity index (χ1n) is 11.1. The van der Waals surface area contributed by atoms with Gasteiger partial charge in [0.15, 0.2) is 11.5 Å². The molecular weight excluding hydrogens is 464 g/mol. The Morgan fingerprint density at radius 2 is 1.74 bits per heavy atom. The van der Waals surface area contributed by atoms with Crippen LogP contribution in [0.3, 0.4) is 0 Å². The third kappa shape index (κ3) is 5.91. The van der Waals surface area contributed by atoms with Gasteiger partial charge >= 0.3 is 0 Å². The summed E-state index contributed by atoms with van der Waals surface area (Å²) in [6.45, 7) is 2.78. The van der Waals surface area contributed by atoms with Crippen molar-refractivity contribution in [2.75, 3.05) is 13.7 Å². The Hall–Kier alpha value is -4.03. The summed E-state index contributed by atoms with van der Waals surface area (Å²) in [5.41, 5.74) is 4.71. The van der Waals surface area contributed by atoms with E-state index in [4.69, 9.17) is 25.8 Å². The van der Waals surface area contributed by atoms with Gasteiger partial charge in [0, 0.05) is 5.56 Å². The van der Waals surface area contributed by atoms with Crippen LogP contribution >= 0.6 is 11.6 Å². The monoisotopic (exact) mass is 488 g/mol. The molecule has 0 spiro atoms. The molecule has 0 heterocycles. The van der Waals surface area contributed by atoms with Crippen molar-refractivity contribution < 1.29 is 19.0 Å². The summed E-state index contributed by atoms with van der Waals surface area (Å²) < 4.78 is 16.7. The van der Waals surface area contributed by atoms with Crippen molar-refractivity contribution in [2.24, 2.45) is 5.10 Å². The van der Waals surface area contributed by atoms with E-state index in [1.807, 2.05) is 37.3 Å². The number of hydrogen-bond donors (Lipinski definition) is 1. The minimum absolute atomic E-state index is 0.372. The van der Waals surface area contributed by atoms with E-state index in [1.54, 1.807) is 30.3 Å². The molecule has 0 radical (unpaired) electrons. The molecular formula is C28H25ClN2O4. The Morgan fingerprint density at radius 1 is 0.943 bits per heavy atom. The average Bonchev–Trinajstić information content (AvgIpc) is 2.88. The fraction of sp³-hybridized carbons (Fsp3) is 0.143. The van der Waals surface area contributed by atoms with Gasteiger partial charge in [0.2, 0.25) is 0 Å². The molecule has 0 bridgehead atoms. The molecule has 0 saturated carbocycles. The summed E-state index contributed by atoms with van der Waals surface area (Å²) in [6, 6.07) is 24.6. The predicted octanol–water partition coefficient (Wildman–Crippen LogP) is 6.24. The standard InChI is InChI=1S/C28H25ClN2O4/c1-3-34-26-14-12-21(16-27(26)33-2)28(32)31-30-17-19-11-13-25(24(29)15-19)35-18-22-9-6-8-20-7-4-5-10-23(20)22/h4-17H,3,18H2,1-2H3,(H,31,32)/b30-17+. The number of ether oxygens (including phenoxy) is 3. The molecule has 0 saturated heterocycles. The number of methoxy groups -OCH3 is 1. The third-order valence-corrected chi connectivity index (χ3v) is 5.62. The molecule has 0 aliphatic heterocycles. The minimum Gasteiger partial charge on any atom is -0.493 e. The highest BCUT2D eigenvalue weighted by atomic mass is 35.5. The molecule has 6 nitrogen and oxygen atoms in total. The molecule has 7 heteroatoms. The number of nitrogens with zero attached hydrogens (tertiary/aromatic N) is 1. The lowest BCUT2D eigenvalue weighted by Crippen LogP contribution is -2.17. The summed E-state index contributed by atoms with van der Waals surface area (Å²) in [4.78, 5) is 12.4. The maximum atomic E-state index is 12.4. The number of carbonyl (C=O) groups excluding carboxylic acids is 1. The quantitative estimate of drug-likeness (QED) is 0.223. The van der Waals surface area contributed by atoms with Gasteiger partial charge in [-0.2, -0.15) is 5.10 Å². The van der Waals surface area contributed by atoms with Crippen LogP contribution in [0.2, 0.25) is 5.02 Å². The molecule has 0 unspecified atom stereocenters. The molecule has 1 amide bonds. The van der Waals surface area contributed by atoms with Crippen LogP contribution in [0.1, 0.15) is 28.4 Å². The zero-order chi connectivity index (χ0) is 24.6. The molecule has 0 atom stereocenters. The number of carbonyl (C=O) groups is 1. The van der Waals surface area contributed by atoms with E-state index in [2.05, 4.69) is 28.7 Å². The van der Waals surface area contributed by atoms with Crippen LogP contribution in [0.4, 0.5) is 0 Å². The zero-order valence-electron chi connectivity index (χ0n) is 19.5. The summed E-state index contributed by atoms with van der Waals surface area (Å²) >= 11 is 6.43. The highest BCUT2D eigenvalue weighted by Gasteiger charge is 2.11. The maximum absolute atomic E-state index is 12.4. The Morgan fingerprint density at radius 3 is 2.54 bits per heavy atom. The van der Waals surface area contributed by atoms with E-state index in [1.165, 1.54) is 13.3 Å². The van der Waals surface area contributed by atoms with Gasteiger partial charge in [-0.25, -0.2) is 5.43 Å². The van der Waals surface area contributed by atoms with E-state index < -0.39 is 0 Å². The molecule has 4 aromatic rings. The molecule has 4 rings (SSSR count). The van der Waals surface area contributed by atoms with Crippen molar-refractivity contribution >= 4 is 34.5 Å². The lowest BCUT2D eigenvalue weighted by Gasteiger charge is -2.11. The van der Waals surface area contributed by atoms with Gasteiger partial charge in [0.1, 0.15) is 12.4 Å². The van der Waals surface area contributed by atoms with Crippen molar-refractivity contribution in [1.29, 1.82) is 0 Å². The Kier molecular flexibility index (Phi) is 7.85. The summed E-state index contributed by atoms with van der Waals surface area (Å²) in [7, 11) is 1.52. The molecule has 178 valence electrons. The molecule has 35 heavy (non-hydrogen) atoms. The van der Waals surface area contributed by atoms with Crippen LogP contribution in [-0.4, -0.2) is 25.8 Å². The zero-order valence-corrected chi connectivity index (χ0v) is 20.2. The Labute approximate surface area is 209 Å². The van der Waals surface area contributed by atoms with Gasteiger partial charge in [-0.3, -0.25) is 4.79 Å². The van der Waals surface area contributed by atoms with E-state index in [0.29, 0.717) is 41.0 Å². The number of fused-ring (bicyclic) bond motifs is 1. The van der Waals surface area contributed by atoms with E-state index in [9.17, 15) is 4.79 Å². The molecule has 0 fully saturated rings. The first kappa shape index (κ1) is 24.1. The van der Waals surface area contributed by atoms with E-state index >= 15 is 0 Å². The topological polar surface area (TPSA) is 69.2 Å². The second-order valence-electron chi connectivity index (χ2n) is 7.61. The molecule has 0 aliphatic carbocycles. The summed E-state index contributed by atoms with van der Waals surface area (Å²) in [5, 5.41) is 6.80. The summed E-state index contributed by atoms with van der Waals surface area (Å²) in [5.74, 6) is 1.26. The number of benzene rings is 4. The first-order chi connectivity index (χ1) is 17.1. The van der Waals surface area contributed by atoms with Crippen molar-refractivity contribution in [3.05, 3.63) is 101 Å². The number of hydrazone groups is 1. The van der Waals surface area contributed by atoms with Crippen LogP contribution in [-0.2, 0) is 6.61 Å². The smallest absolute Gasteiger partial charge is 0.271 e. The normalized spacial score (nSPS) is 10.9. The Balaban J connectivity index is 1.38. The molecule has 4 aromatic carbocycles. The molecule has 0 aliphatic rings. The maximum Gasteiger partial charge on any atom is 0.271 e. The van der Waals surface area contributed by atoms with Crippen LogP contribution in [0.15, 0.2) is 84.0 Å². The number of amides is 1. The van der Waals surface area contributed by atoms with E-state index in [-0.39, 0.29) is 5.91 Å². The van der Waals surface area contributed by atoms with Crippen LogP contribution in [0.25, 0.3) is 10.8 Å². The van der Waals surface area contributed by atoms with Crippen molar-refractivity contribution in [3.63, 3.8) is 0 Å². The summed E-state index contributed by atoms with van der Waals surface area (Å²) in [6.07, 6.45) is 1.52. The fourth-order valence-electron chi connectivity index (χ4n) is 3.60. The number of nitrogens with one attached hydrogen (secondary N) is 1. The van der Waals surface area contributed by atoms with Crippen LogP contribution in [0.5, 0.6) is 17.2 Å². The number of rotatable bonds is 9. The highest BCUT2D eigenvalue weighted by Crippen LogP contribution is 2.29. The minimum atomic E-state index is -0.372. The Bertz CT molecular complexity index is 1370. The van der Waals surface area contributed by atoms with Crippen molar-refractivity contribution in [2.45, 2.75) is 13.5 Å². The third-order valence-electron chi connectivity index (χ3n) is 5.32. The number of halogens is 1.